The van der Waals surface area contributed by atoms with Crippen LogP contribution in [0.1, 0.15) is 30.5 Å². The monoisotopic (exact) mass is 647 g/mol. The topological polar surface area (TPSA) is 30.5 Å². The molecule has 0 saturated carbocycles. The number of allylic oxidation sites excluding steroid dienone is 1. The molecule has 0 aromatic heterocycles. The van der Waals surface area contributed by atoms with Crippen LogP contribution in [0, 0.1) is 11.7 Å². The van der Waals surface area contributed by atoms with Gasteiger partial charge in [0.1, 0.15) is 11.6 Å². The summed E-state index contributed by atoms with van der Waals surface area (Å²) in [7, 11) is 0. The lowest BCUT2D eigenvalue weighted by atomic mass is 9.66. The van der Waals surface area contributed by atoms with Crippen molar-refractivity contribution in [1.82, 2.24) is 0 Å². The number of anilines is 1. The first-order valence-electron chi connectivity index (χ1n) is 13.5. The van der Waals surface area contributed by atoms with Gasteiger partial charge in [-0.3, -0.25) is 4.74 Å². The van der Waals surface area contributed by atoms with E-state index < -0.39 is 59.5 Å². The van der Waals surface area contributed by atoms with Crippen LogP contribution in [0.15, 0.2) is 96.6 Å². The number of alkyl halides is 9. The van der Waals surface area contributed by atoms with Crippen LogP contribution in [0.25, 0.3) is 0 Å². The number of ether oxygens (including phenoxy) is 2. The molecule has 3 aromatic carbocycles. The number of hydrogen-bond donors (Lipinski definition) is 1. The Morgan fingerprint density at radius 3 is 2.11 bits per heavy atom. The van der Waals surface area contributed by atoms with E-state index in [0.29, 0.717) is 17.7 Å². The molecule has 13 heteroatoms. The van der Waals surface area contributed by atoms with Gasteiger partial charge in [0, 0.05) is 23.6 Å². The molecular formula is C32H27F10NO2. The average Bonchev–Trinajstić information content (AvgIpc) is 2.91. The molecule has 3 unspecified atom stereocenters. The van der Waals surface area contributed by atoms with Crippen molar-refractivity contribution in [2.75, 3.05) is 11.9 Å². The Balaban J connectivity index is 1.95. The predicted molar refractivity (Wildman–Crippen MR) is 147 cm³/mol. The molecule has 242 valence electrons. The van der Waals surface area contributed by atoms with E-state index in [0.717, 1.165) is 18.2 Å². The van der Waals surface area contributed by atoms with E-state index in [9.17, 15) is 43.9 Å². The van der Waals surface area contributed by atoms with Crippen molar-refractivity contribution < 1.29 is 53.4 Å². The van der Waals surface area contributed by atoms with Gasteiger partial charge in [-0.2, -0.15) is 13.2 Å². The summed E-state index contributed by atoms with van der Waals surface area (Å²) in [5, 5.41) is 2.77. The molecule has 0 aliphatic heterocycles. The quantitative estimate of drug-likeness (QED) is 0.235. The van der Waals surface area contributed by atoms with Gasteiger partial charge in [0.25, 0.3) is 0 Å². The van der Waals surface area contributed by atoms with Crippen molar-refractivity contribution in [3.8, 4) is 5.75 Å². The molecule has 0 amide bonds. The summed E-state index contributed by atoms with van der Waals surface area (Å²) < 4.78 is 144. The van der Waals surface area contributed by atoms with Crippen molar-refractivity contribution in [2.24, 2.45) is 5.92 Å². The van der Waals surface area contributed by atoms with Crippen molar-refractivity contribution in [1.29, 1.82) is 0 Å². The van der Waals surface area contributed by atoms with Crippen LogP contribution in [-0.4, -0.2) is 24.9 Å². The molecular weight excluding hydrogens is 620 g/mol. The summed E-state index contributed by atoms with van der Waals surface area (Å²) in [6, 6.07) is 14.9. The largest absolute Gasteiger partial charge is 0.573 e. The zero-order valence-electron chi connectivity index (χ0n) is 23.7. The molecule has 45 heavy (non-hydrogen) atoms. The summed E-state index contributed by atoms with van der Waals surface area (Å²) in [5.41, 5.74) is -4.30. The Bertz CT molecular complexity index is 1550. The highest BCUT2D eigenvalue weighted by atomic mass is 19.4. The summed E-state index contributed by atoms with van der Waals surface area (Å²) in [4.78, 5) is 0. The van der Waals surface area contributed by atoms with E-state index in [2.05, 4.69) is 14.8 Å². The van der Waals surface area contributed by atoms with E-state index in [-0.39, 0.29) is 23.2 Å². The molecule has 1 aliphatic rings. The standard InChI is InChI=1S/C32H27F10NO2/c1-20-11-12-23(18-28(20,2)45-32(40,41)42)29(17-21-7-4-3-5-8-21,22-9-6-10-27(15-22)44-31(37,38)39)19-43-26-14-24(30(34,35)36)13-25(33)16-26/h3-16,18,20,43H,17,19H2,1-2H3. The van der Waals surface area contributed by atoms with Crippen LogP contribution in [0.3, 0.4) is 0 Å². The fourth-order valence-corrected chi connectivity index (χ4v) is 5.28. The van der Waals surface area contributed by atoms with E-state index in [4.69, 9.17) is 0 Å². The molecule has 0 spiro atoms. The molecule has 1 N–H and O–H groups in total. The van der Waals surface area contributed by atoms with Gasteiger partial charge in [-0.1, -0.05) is 61.5 Å². The minimum atomic E-state index is -5.08. The number of hydrogen-bond acceptors (Lipinski definition) is 3. The van der Waals surface area contributed by atoms with E-state index in [1.54, 1.807) is 30.3 Å². The molecule has 1 aliphatic carbocycles. The van der Waals surface area contributed by atoms with Crippen molar-refractivity contribution in [3.63, 3.8) is 0 Å². The number of rotatable bonds is 9. The fraction of sp³-hybridized carbons (Fsp3) is 0.312. The van der Waals surface area contributed by atoms with Gasteiger partial charge in [-0.15, -0.1) is 26.3 Å². The Labute approximate surface area is 252 Å². The molecule has 3 nitrogen and oxygen atoms in total. The molecule has 0 fully saturated rings. The van der Waals surface area contributed by atoms with Crippen LogP contribution in [0.4, 0.5) is 49.6 Å². The SMILES string of the molecule is CC1C=CC(C(CNc2cc(F)cc(C(F)(F)F)c2)(Cc2ccccc2)c2cccc(OC(F)(F)F)c2)=CC1(C)OC(F)(F)F. The first-order chi connectivity index (χ1) is 20.8. The van der Waals surface area contributed by atoms with Crippen LogP contribution in [-0.2, 0) is 22.7 Å². The minimum Gasteiger partial charge on any atom is -0.406 e. The normalized spacial score (nSPS) is 20.4. The molecule has 4 rings (SSSR count). The number of nitrogens with one attached hydrogen (secondary N) is 1. The van der Waals surface area contributed by atoms with Crippen molar-refractivity contribution in [2.45, 2.75) is 50.2 Å². The van der Waals surface area contributed by atoms with E-state index >= 15 is 0 Å². The molecule has 0 radical (unpaired) electrons. The number of halogens is 10. The lowest BCUT2D eigenvalue weighted by Gasteiger charge is -2.42. The minimum absolute atomic E-state index is 0.0651. The maximum absolute atomic E-state index is 14.3. The van der Waals surface area contributed by atoms with Gasteiger partial charge < -0.3 is 10.1 Å². The van der Waals surface area contributed by atoms with Gasteiger partial charge in [0.2, 0.25) is 0 Å². The summed E-state index contributed by atoms with van der Waals surface area (Å²) >= 11 is 0. The van der Waals surface area contributed by atoms with Gasteiger partial charge in [0.15, 0.2) is 0 Å². The van der Waals surface area contributed by atoms with Crippen LogP contribution in [0.2, 0.25) is 0 Å². The zero-order chi connectivity index (χ0) is 33.3. The molecule has 0 heterocycles. The molecule has 0 bridgehead atoms. The Morgan fingerprint density at radius 2 is 1.49 bits per heavy atom. The first-order valence-corrected chi connectivity index (χ1v) is 13.5. The molecule has 3 aromatic rings. The summed E-state index contributed by atoms with van der Waals surface area (Å²) in [6.07, 6.45) is -10.9. The van der Waals surface area contributed by atoms with Gasteiger partial charge >= 0.3 is 18.9 Å². The first kappa shape index (κ1) is 33.9. The average molecular weight is 648 g/mol. The van der Waals surface area contributed by atoms with Crippen molar-refractivity contribution in [3.05, 3.63) is 119 Å². The Hall–Kier alpha value is -4.00. The predicted octanol–water partition coefficient (Wildman–Crippen LogP) is 9.76. The summed E-state index contributed by atoms with van der Waals surface area (Å²) in [6.45, 7) is 2.28. The Kier molecular flexibility index (Phi) is 9.35. The fourth-order valence-electron chi connectivity index (χ4n) is 5.28. The maximum atomic E-state index is 14.3. The molecule has 0 saturated heterocycles. The number of benzene rings is 3. The third kappa shape index (κ3) is 8.59. The van der Waals surface area contributed by atoms with Crippen LogP contribution < -0.4 is 10.1 Å². The van der Waals surface area contributed by atoms with Crippen LogP contribution in [0.5, 0.6) is 5.75 Å². The highest BCUT2D eigenvalue weighted by molar-refractivity contribution is 5.54. The zero-order valence-corrected chi connectivity index (χ0v) is 23.7. The van der Waals surface area contributed by atoms with Gasteiger partial charge in [-0.05, 0) is 66.5 Å². The second kappa shape index (κ2) is 12.4. The molecule has 3 atom stereocenters. The van der Waals surface area contributed by atoms with Gasteiger partial charge in [-0.25, -0.2) is 4.39 Å². The lowest BCUT2D eigenvalue weighted by Crippen LogP contribution is -2.45. The highest BCUT2D eigenvalue weighted by Crippen LogP contribution is 2.45. The summed E-state index contributed by atoms with van der Waals surface area (Å²) in [5.74, 6) is -2.66. The second-order valence-corrected chi connectivity index (χ2v) is 10.9. The van der Waals surface area contributed by atoms with E-state index in [1.807, 2.05) is 0 Å². The smallest absolute Gasteiger partial charge is 0.406 e. The second-order valence-electron chi connectivity index (χ2n) is 10.9. The van der Waals surface area contributed by atoms with Crippen LogP contribution >= 0.6 is 0 Å². The Morgan fingerprint density at radius 1 is 0.800 bits per heavy atom. The lowest BCUT2D eigenvalue weighted by molar-refractivity contribution is -0.360. The highest BCUT2D eigenvalue weighted by Gasteiger charge is 2.46. The third-order valence-corrected chi connectivity index (χ3v) is 7.59. The third-order valence-electron chi connectivity index (χ3n) is 7.59. The van der Waals surface area contributed by atoms with Gasteiger partial charge in [0.05, 0.1) is 11.2 Å². The van der Waals surface area contributed by atoms with Crippen molar-refractivity contribution >= 4 is 5.69 Å². The maximum Gasteiger partial charge on any atom is 0.573 e. The van der Waals surface area contributed by atoms with E-state index in [1.165, 1.54) is 44.2 Å².